The Bertz CT molecular complexity index is 409. The van der Waals surface area contributed by atoms with Crippen molar-refractivity contribution in [2.24, 2.45) is 0 Å². The molecule has 0 fully saturated rings. The number of benzene rings is 1. The molecule has 0 heterocycles. The fraction of sp³-hybridized carbons (Fsp3) is 0.500. The summed E-state index contributed by atoms with van der Waals surface area (Å²) in [4.78, 5) is 13.2. The van der Waals surface area contributed by atoms with E-state index in [2.05, 4.69) is 15.9 Å². The Balaban J connectivity index is 2.33. The molecule has 0 aliphatic heterocycles. The highest BCUT2D eigenvalue weighted by molar-refractivity contribution is 9.10. The molecule has 1 amide bonds. The van der Waals surface area contributed by atoms with Crippen LogP contribution >= 0.6 is 15.9 Å². The molecule has 0 saturated carbocycles. The molecule has 0 aromatic heterocycles. The third-order valence-electron chi connectivity index (χ3n) is 2.68. The van der Waals surface area contributed by atoms with E-state index in [4.69, 9.17) is 9.47 Å². The second-order valence-corrected chi connectivity index (χ2v) is 5.60. The van der Waals surface area contributed by atoms with E-state index in [-0.39, 0.29) is 10.7 Å². The average Bonchev–Trinajstić information content (AvgIpc) is 2.42. The lowest BCUT2D eigenvalue weighted by Gasteiger charge is -2.18. The van der Waals surface area contributed by atoms with Crippen LogP contribution in [0.1, 0.15) is 13.3 Å². The van der Waals surface area contributed by atoms with Gasteiger partial charge in [-0.15, -0.1) is 0 Å². The molecule has 1 atom stereocenters. The van der Waals surface area contributed by atoms with Crippen LogP contribution in [0.15, 0.2) is 24.3 Å². The van der Waals surface area contributed by atoms with E-state index in [9.17, 15) is 4.79 Å². The third kappa shape index (κ3) is 5.11. The van der Waals surface area contributed by atoms with Gasteiger partial charge in [-0.05, 0) is 25.5 Å². The summed E-state index contributed by atoms with van der Waals surface area (Å²) in [6, 6.07) is 7.53. The number of hydrogen-bond acceptors (Lipinski definition) is 3. The van der Waals surface area contributed by atoms with Crippen LogP contribution in [0.3, 0.4) is 0 Å². The second-order valence-electron chi connectivity index (χ2n) is 4.23. The molecule has 5 heteroatoms. The zero-order valence-electron chi connectivity index (χ0n) is 11.6. The highest BCUT2D eigenvalue weighted by Crippen LogP contribution is 2.25. The topological polar surface area (TPSA) is 38.8 Å². The number of nitrogens with zero attached hydrogens (tertiary/aromatic N) is 1. The number of alkyl halides is 1. The van der Waals surface area contributed by atoms with Gasteiger partial charge in [0.25, 0.3) is 0 Å². The minimum Gasteiger partial charge on any atom is -0.493 e. The van der Waals surface area contributed by atoms with E-state index in [0.717, 1.165) is 17.9 Å². The van der Waals surface area contributed by atoms with E-state index in [1.54, 1.807) is 19.1 Å². The Morgan fingerprint density at radius 1 is 1.37 bits per heavy atom. The number of para-hydroxylation sites is 2. The maximum absolute atomic E-state index is 11.6. The van der Waals surface area contributed by atoms with Crippen molar-refractivity contribution in [2.45, 2.75) is 18.2 Å². The molecule has 19 heavy (non-hydrogen) atoms. The molecular weight excluding hydrogens is 310 g/mol. The number of methoxy groups -OCH3 is 1. The Labute approximate surface area is 122 Å². The number of carbonyl (C=O) groups is 1. The van der Waals surface area contributed by atoms with Crippen LogP contribution in [0.2, 0.25) is 0 Å². The van der Waals surface area contributed by atoms with Crippen LogP contribution < -0.4 is 9.47 Å². The highest BCUT2D eigenvalue weighted by atomic mass is 79.9. The quantitative estimate of drug-likeness (QED) is 0.570. The SMILES string of the molecule is COc1ccccc1OCCCN(C)C(=O)C(C)Br. The summed E-state index contributed by atoms with van der Waals surface area (Å²) >= 11 is 3.27. The van der Waals surface area contributed by atoms with Crippen molar-refractivity contribution in [1.82, 2.24) is 4.90 Å². The van der Waals surface area contributed by atoms with E-state index < -0.39 is 0 Å². The monoisotopic (exact) mass is 329 g/mol. The van der Waals surface area contributed by atoms with E-state index in [1.165, 1.54) is 0 Å². The van der Waals surface area contributed by atoms with Gasteiger partial charge in [-0.25, -0.2) is 0 Å². The number of ether oxygens (including phenoxy) is 2. The predicted octanol–water partition coefficient (Wildman–Crippen LogP) is 2.71. The van der Waals surface area contributed by atoms with Crippen molar-refractivity contribution in [1.29, 1.82) is 0 Å². The van der Waals surface area contributed by atoms with Gasteiger partial charge < -0.3 is 14.4 Å². The molecule has 0 aliphatic rings. The summed E-state index contributed by atoms with van der Waals surface area (Å²) in [5.74, 6) is 1.53. The summed E-state index contributed by atoms with van der Waals surface area (Å²) in [7, 11) is 3.41. The van der Waals surface area contributed by atoms with Crippen molar-refractivity contribution in [2.75, 3.05) is 27.3 Å². The molecule has 106 valence electrons. The van der Waals surface area contributed by atoms with Crippen molar-refractivity contribution < 1.29 is 14.3 Å². The molecular formula is C14H20BrNO3. The fourth-order valence-electron chi connectivity index (χ4n) is 1.64. The summed E-state index contributed by atoms with van der Waals surface area (Å²) in [6.45, 7) is 3.04. The predicted molar refractivity (Wildman–Crippen MR) is 79.1 cm³/mol. The maximum Gasteiger partial charge on any atom is 0.235 e. The molecule has 0 aliphatic carbocycles. The largest absolute Gasteiger partial charge is 0.493 e. The van der Waals surface area contributed by atoms with Gasteiger partial charge in [0.2, 0.25) is 5.91 Å². The molecule has 1 aromatic rings. The molecule has 1 unspecified atom stereocenters. The maximum atomic E-state index is 11.6. The smallest absolute Gasteiger partial charge is 0.235 e. The van der Waals surface area contributed by atoms with Crippen LogP contribution in [-0.4, -0.2) is 42.9 Å². The van der Waals surface area contributed by atoms with Gasteiger partial charge in [0, 0.05) is 13.6 Å². The van der Waals surface area contributed by atoms with Gasteiger partial charge in [-0.3, -0.25) is 4.79 Å². The lowest BCUT2D eigenvalue weighted by molar-refractivity contribution is -0.128. The molecule has 0 saturated heterocycles. The molecule has 4 nitrogen and oxygen atoms in total. The Morgan fingerprint density at radius 3 is 2.58 bits per heavy atom. The minimum absolute atomic E-state index is 0.0808. The van der Waals surface area contributed by atoms with E-state index in [1.807, 2.05) is 31.2 Å². The van der Waals surface area contributed by atoms with Crippen LogP contribution in [-0.2, 0) is 4.79 Å². The van der Waals surface area contributed by atoms with Crippen molar-refractivity contribution in [3.8, 4) is 11.5 Å². The number of rotatable bonds is 7. The molecule has 0 N–H and O–H groups in total. The van der Waals surface area contributed by atoms with Crippen molar-refractivity contribution in [3.05, 3.63) is 24.3 Å². The number of carbonyl (C=O) groups excluding carboxylic acids is 1. The van der Waals surface area contributed by atoms with E-state index >= 15 is 0 Å². The van der Waals surface area contributed by atoms with Crippen LogP contribution in [0.4, 0.5) is 0 Å². The Kier molecular flexibility index (Phi) is 6.70. The van der Waals surface area contributed by atoms with Crippen LogP contribution in [0.5, 0.6) is 11.5 Å². The number of halogens is 1. The first kappa shape index (κ1) is 15.8. The average molecular weight is 330 g/mol. The highest BCUT2D eigenvalue weighted by Gasteiger charge is 2.13. The Morgan fingerprint density at radius 2 is 2.00 bits per heavy atom. The Hall–Kier alpha value is -1.23. The summed E-state index contributed by atoms with van der Waals surface area (Å²) in [5.41, 5.74) is 0. The van der Waals surface area contributed by atoms with Gasteiger partial charge in [0.1, 0.15) is 0 Å². The first-order chi connectivity index (χ1) is 9.06. The molecule has 1 rings (SSSR count). The van der Waals surface area contributed by atoms with Crippen molar-refractivity contribution >= 4 is 21.8 Å². The summed E-state index contributed by atoms with van der Waals surface area (Å²) in [6.07, 6.45) is 0.778. The van der Waals surface area contributed by atoms with E-state index in [0.29, 0.717) is 13.2 Å². The zero-order valence-corrected chi connectivity index (χ0v) is 13.1. The van der Waals surface area contributed by atoms with Gasteiger partial charge in [0.15, 0.2) is 11.5 Å². The molecule has 1 aromatic carbocycles. The standard InChI is InChI=1S/C14H20BrNO3/c1-11(15)14(17)16(2)9-6-10-19-13-8-5-4-7-12(13)18-3/h4-5,7-8,11H,6,9-10H2,1-3H3. The van der Waals surface area contributed by atoms with Crippen molar-refractivity contribution in [3.63, 3.8) is 0 Å². The lowest BCUT2D eigenvalue weighted by Crippen LogP contribution is -2.33. The minimum atomic E-state index is -0.146. The van der Waals surface area contributed by atoms with Gasteiger partial charge in [0.05, 0.1) is 18.5 Å². The van der Waals surface area contributed by atoms with Crippen LogP contribution in [0, 0.1) is 0 Å². The molecule has 0 spiro atoms. The first-order valence-electron chi connectivity index (χ1n) is 6.21. The third-order valence-corrected chi connectivity index (χ3v) is 3.07. The first-order valence-corrected chi connectivity index (χ1v) is 7.12. The van der Waals surface area contributed by atoms with Gasteiger partial charge in [-0.1, -0.05) is 28.1 Å². The summed E-state index contributed by atoms with van der Waals surface area (Å²) in [5, 5.41) is 0. The summed E-state index contributed by atoms with van der Waals surface area (Å²) < 4.78 is 10.8. The fourth-order valence-corrected chi connectivity index (χ4v) is 1.99. The van der Waals surface area contributed by atoms with Gasteiger partial charge >= 0.3 is 0 Å². The normalized spacial score (nSPS) is 11.8. The van der Waals surface area contributed by atoms with Crippen LogP contribution in [0.25, 0.3) is 0 Å². The zero-order chi connectivity index (χ0) is 14.3. The lowest BCUT2D eigenvalue weighted by atomic mass is 10.3. The number of amides is 1. The van der Waals surface area contributed by atoms with Gasteiger partial charge in [-0.2, -0.15) is 0 Å². The molecule has 0 bridgehead atoms. The molecule has 0 radical (unpaired) electrons. The second kappa shape index (κ2) is 8.04. The number of hydrogen-bond donors (Lipinski definition) is 0.